The van der Waals surface area contributed by atoms with Gasteiger partial charge in [-0.05, 0) is 42.7 Å². The Morgan fingerprint density at radius 1 is 1.28 bits per heavy atom. The fourth-order valence-corrected chi connectivity index (χ4v) is 3.74. The first-order chi connectivity index (χ1) is 8.78. The van der Waals surface area contributed by atoms with Crippen LogP contribution in [-0.2, 0) is 11.2 Å². The van der Waals surface area contributed by atoms with Gasteiger partial charge in [0.05, 0.1) is 0 Å². The Hall–Kier alpha value is -1.15. The van der Waals surface area contributed by atoms with Crippen molar-refractivity contribution in [2.24, 2.45) is 11.3 Å². The van der Waals surface area contributed by atoms with E-state index in [1.165, 1.54) is 12.0 Å². The molecule has 2 atom stereocenters. The monoisotopic (exact) mass is 243 g/mol. The summed E-state index contributed by atoms with van der Waals surface area (Å²) in [7, 11) is 0. The van der Waals surface area contributed by atoms with Crippen molar-refractivity contribution < 1.29 is 4.79 Å². The Morgan fingerprint density at radius 3 is 2.94 bits per heavy atom. The van der Waals surface area contributed by atoms with E-state index in [0.29, 0.717) is 17.1 Å². The molecule has 2 aliphatic rings. The topological polar surface area (TPSA) is 29.1 Å². The number of Topliss-reactive ketones (excluding diaryl/α,β-unsaturated/α-hetero) is 1. The van der Waals surface area contributed by atoms with E-state index in [9.17, 15) is 4.79 Å². The molecule has 2 nitrogen and oxygen atoms in total. The molecular weight excluding hydrogens is 222 g/mol. The van der Waals surface area contributed by atoms with E-state index in [4.69, 9.17) is 0 Å². The van der Waals surface area contributed by atoms with Crippen molar-refractivity contribution in [3.63, 3.8) is 0 Å². The zero-order chi connectivity index (χ0) is 12.4. The second-order valence-electron chi connectivity index (χ2n) is 5.93. The van der Waals surface area contributed by atoms with E-state index < -0.39 is 0 Å². The first kappa shape index (κ1) is 11.9. The van der Waals surface area contributed by atoms with Gasteiger partial charge in [0.15, 0.2) is 0 Å². The van der Waals surface area contributed by atoms with Crippen molar-refractivity contribution in [1.29, 1.82) is 0 Å². The lowest BCUT2D eigenvalue weighted by Crippen LogP contribution is -2.50. The second-order valence-corrected chi connectivity index (χ2v) is 5.93. The highest BCUT2D eigenvalue weighted by atomic mass is 16.1. The second kappa shape index (κ2) is 4.85. The molecule has 1 aliphatic heterocycles. The quantitative estimate of drug-likeness (QED) is 0.865. The van der Waals surface area contributed by atoms with Crippen LogP contribution in [0.3, 0.4) is 0 Å². The number of fused-ring (bicyclic) bond motifs is 1. The van der Waals surface area contributed by atoms with E-state index in [2.05, 4.69) is 35.6 Å². The van der Waals surface area contributed by atoms with Crippen LogP contribution in [0.15, 0.2) is 30.3 Å². The Kier molecular flexibility index (Phi) is 3.21. The summed E-state index contributed by atoms with van der Waals surface area (Å²) in [6.45, 7) is 2.16. The molecule has 1 saturated carbocycles. The molecule has 1 heterocycles. The highest BCUT2D eigenvalue weighted by Gasteiger charge is 2.44. The smallest absolute Gasteiger partial charge is 0.133 e. The van der Waals surface area contributed by atoms with Gasteiger partial charge in [-0.3, -0.25) is 4.79 Å². The standard InChI is InChI=1S/C16H21NO/c18-15-6-8-16(11-13-4-2-1-3-5-13)12-17-9-7-14(16)10-15/h1-5,14,17H,6-12H2/t14-,16-/m0/s1. The zero-order valence-electron chi connectivity index (χ0n) is 10.8. The molecule has 1 N–H and O–H groups in total. The highest BCUT2D eigenvalue weighted by Crippen LogP contribution is 2.45. The van der Waals surface area contributed by atoms with Gasteiger partial charge in [-0.2, -0.15) is 0 Å². The number of ketones is 1. The van der Waals surface area contributed by atoms with Gasteiger partial charge >= 0.3 is 0 Å². The minimum absolute atomic E-state index is 0.327. The molecule has 0 aromatic heterocycles. The van der Waals surface area contributed by atoms with Gasteiger partial charge < -0.3 is 5.32 Å². The summed E-state index contributed by atoms with van der Waals surface area (Å²) in [5.74, 6) is 1.07. The third-order valence-electron chi connectivity index (χ3n) is 4.79. The van der Waals surface area contributed by atoms with Crippen LogP contribution >= 0.6 is 0 Å². The first-order valence-electron chi connectivity index (χ1n) is 7.05. The van der Waals surface area contributed by atoms with E-state index in [-0.39, 0.29) is 0 Å². The van der Waals surface area contributed by atoms with Gasteiger partial charge in [0.2, 0.25) is 0 Å². The fourth-order valence-electron chi connectivity index (χ4n) is 3.74. The lowest BCUT2D eigenvalue weighted by molar-refractivity contribution is -0.126. The molecule has 2 heteroatoms. The van der Waals surface area contributed by atoms with Gasteiger partial charge in [-0.1, -0.05) is 30.3 Å². The molecule has 2 fully saturated rings. The van der Waals surface area contributed by atoms with Crippen LogP contribution in [0.1, 0.15) is 31.2 Å². The lowest BCUT2D eigenvalue weighted by Gasteiger charge is -2.47. The summed E-state index contributed by atoms with van der Waals surface area (Å²) in [5, 5.41) is 3.55. The summed E-state index contributed by atoms with van der Waals surface area (Å²) in [4.78, 5) is 11.7. The van der Waals surface area contributed by atoms with E-state index >= 15 is 0 Å². The number of piperidine rings is 1. The Morgan fingerprint density at radius 2 is 2.11 bits per heavy atom. The minimum atomic E-state index is 0.327. The highest BCUT2D eigenvalue weighted by molar-refractivity contribution is 5.79. The third-order valence-corrected chi connectivity index (χ3v) is 4.79. The molecule has 0 amide bonds. The van der Waals surface area contributed by atoms with Crippen molar-refractivity contribution in [2.75, 3.05) is 13.1 Å². The number of carbonyl (C=O) groups is 1. The van der Waals surface area contributed by atoms with Crippen LogP contribution in [0.25, 0.3) is 0 Å². The number of nitrogens with one attached hydrogen (secondary N) is 1. The van der Waals surface area contributed by atoms with E-state index in [1.807, 2.05) is 0 Å². The van der Waals surface area contributed by atoms with Crippen LogP contribution in [0.4, 0.5) is 0 Å². The average Bonchev–Trinajstić information content (AvgIpc) is 2.40. The fraction of sp³-hybridized carbons (Fsp3) is 0.562. The Bertz CT molecular complexity index is 428. The molecular formula is C16H21NO. The molecule has 3 rings (SSSR count). The van der Waals surface area contributed by atoms with Crippen LogP contribution in [0, 0.1) is 11.3 Å². The first-order valence-corrected chi connectivity index (χ1v) is 7.05. The molecule has 0 unspecified atom stereocenters. The van der Waals surface area contributed by atoms with Gasteiger partial charge in [0.25, 0.3) is 0 Å². The number of hydrogen-bond donors (Lipinski definition) is 1. The molecule has 96 valence electrons. The molecule has 1 saturated heterocycles. The number of hydrogen-bond acceptors (Lipinski definition) is 2. The zero-order valence-corrected chi connectivity index (χ0v) is 10.8. The molecule has 1 aromatic rings. The van der Waals surface area contributed by atoms with Gasteiger partial charge in [0.1, 0.15) is 5.78 Å². The largest absolute Gasteiger partial charge is 0.316 e. The minimum Gasteiger partial charge on any atom is -0.316 e. The van der Waals surface area contributed by atoms with E-state index in [1.54, 1.807) is 0 Å². The molecule has 0 spiro atoms. The van der Waals surface area contributed by atoms with Crippen molar-refractivity contribution in [1.82, 2.24) is 5.32 Å². The van der Waals surface area contributed by atoms with Crippen molar-refractivity contribution >= 4 is 5.78 Å². The Balaban J connectivity index is 1.83. The molecule has 1 aromatic carbocycles. The predicted octanol–water partition coefficient (Wildman–Crippen LogP) is 2.58. The summed E-state index contributed by atoms with van der Waals surface area (Å²) in [6, 6.07) is 10.7. The van der Waals surface area contributed by atoms with Crippen LogP contribution in [0.5, 0.6) is 0 Å². The molecule has 1 aliphatic carbocycles. The normalized spacial score (nSPS) is 32.0. The predicted molar refractivity (Wildman–Crippen MR) is 72.4 cm³/mol. The molecule has 0 bridgehead atoms. The summed E-state index contributed by atoms with van der Waals surface area (Å²) < 4.78 is 0. The van der Waals surface area contributed by atoms with Gasteiger partial charge in [0, 0.05) is 19.4 Å². The van der Waals surface area contributed by atoms with Crippen molar-refractivity contribution in [3.8, 4) is 0 Å². The Labute approximate surface area is 109 Å². The van der Waals surface area contributed by atoms with Crippen molar-refractivity contribution in [3.05, 3.63) is 35.9 Å². The van der Waals surface area contributed by atoms with Crippen LogP contribution in [-0.4, -0.2) is 18.9 Å². The average molecular weight is 243 g/mol. The van der Waals surface area contributed by atoms with E-state index in [0.717, 1.165) is 38.8 Å². The van der Waals surface area contributed by atoms with Crippen LogP contribution < -0.4 is 5.32 Å². The lowest BCUT2D eigenvalue weighted by atomic mass is 9.60. The van der Waals surface area contributed by atoms with Gasteiger partial charge in [-0.25, -0.2) is 0 Å². The number of carbonyl (C=O) groups excluding carboxylic acids is 1. The maximum atomic E-state index is 11.7. The SMILES string of the molecule is O=C1CC[C@]2(Cc3ccccc3)CNCC[C@H]2C1. The molecule has 0 radical (unpaired) electrons. The molecule has 18 heavy (non-hydrogen) atoms. The number of benzene rings is 1. The summed E-state index contributed by atoms with van der Waals surface area (Å²) >= 11 is 0. The summed E-state index contributed by atoms with van der Waals surface area (Å²) in [6.07, 6.45) is 4.95. The summed E-state index contributed by atoms with van der Waals surface area (Å²) in [5.41, 5.74) is 1.74. The third kappa shape index (κ3) is 2.22. The number of rotatable bonds is 2. The van der Waals surface area contributed by atoms with Crippen molar-refractivity contribution in [2.45, 2.75) is 32.1 Å². The van der Waals surface area contributed by atoms with Gasteiger partial charge in [-0.15, -0.1) is 0 Å². The van der Waals surface area contributed by atoms with Crippen LogP contribution in [0.2, 0.25) is 0 Å². The maximum absolute atomic E-state index is 11.7. The maximum Gasteiger partial charge on any atom is 0.133 e.